The zero-order chi connectivity index (χ0) is 22.9. The Hall–Kier alpha value is -4.04. The molecule has 0 unspecified atom stereocenters. The third-order valence-corrected chi connectivity index (χ3v) is 6.15. The van der Waals surface area contributed by atoms with Gasteiger partial charge in [0.15, 0.2) is 5.11 Å². The zero-order valence-corrected chi connectivity index (χ0v) is 18.6. The van der Waals surface area contributed by atoms with Crippen molar-refractivity contribution in [3.8, 4) is 5.69 Å². The van der Waals surface area contributed by atoms with Crippen LogP contribution in [0.5, 0.6) is 0 Å². The Kier molecular flexibility index (Phi) is 5.35. The van der Waals surface area contributed by atoms with Crippen LogP contribution in [0.3, 0.4) is 0 Å². The lowest BCUT2D eigenvalue weighted by Crippen LogP contribution is -2.30. The maximum atomic E-state index is 11.1. The second-order valence-corrected chi connectivity index (χ2v) is 8.30. The number of hydrogen-bond acceptors (Lipinski definition) is 4. The lowest BCUT2D eigenvalue weighted by atomic mass is 10.0. The second kappa shape index (κ2) is 8.48. The summed E-state index contributed by atoms with van der Waals surface area (Å²) in [6, 6.07) is 24.3. The van der Waals surface area contributed by atoms with Crippen LogP contribution in [0.2, 0.25) is 0 Å². The zero-order valence-electron chi connectivity index (χ0n) is 17.8. The smallest absolute Gasteiger partial charge is 0.269 e. The highest BCUT2D eigenvalue weighted by Crippen LogP contribution is 2.42. The molecule has 1 aliphatic rings. The van der Waals surface area contributed by atoms with Gasteiger partial charge in [-0.15, -0.1) is 0 Å². The quantitative estimate of drug-likeness (QED) is 0.251. The van der Waals surface area contributed by atoms with Gasteiger partial charge in [-0.25, -0.2) is 0 Å². The Morgan fingerprint density at radius 3 is 2.36 bits per heavy atom. The molecule has 2 atom stereocenters. The molecule has 4 aromatic rings. The van der Waals surface area contributed by atoms with Gasteiger partial charge in [0.1, 0.15) is 6.04 Å². The normalized spacial score (nSPS) is 17.7. The predicted molar refractivity (Wildman–Crippen MR) is 132 cm³/mol. The van der Waals surface area contributed by atoms with Crippen molar-refractivity contribution in [2.24, 2.45) is 0 Å². The van der Waals surface area contributed by atoms with E-state index in [2.05, 4.69) is 52.5 Å². The monoisotopic (exact) mass is 455 g/mol. The Morgan fingerprint density at radius 2 is 1.70 bits per heavy atom. The van der Waals surface area contributed by atoms with Crippen molar-refractivity contribution >= 4 is 28.7 Å². The molecule has 164 valence electrons. The van der Waals surface area contributed by atoms with Gasteiger partial charge in [-0.05, 0) is 67.7 Å². The molecule has 3 heterocycles. The molecule has 5 rings (SSSR count). The topological polar surface area (TPSA) is 76.2 Å². The van der Waals surface area contributed by atoms with Gasteiger partial charge in [-0.1, -0.05) is 23.8 Å². The van der Waals surface area contributed by atoms with Crippen LogP contribution in [0.15, 0.2) is 91.3 Å². The van der Waals surface area contributed by atoms with E-state index in [1.807, 2.05) is 35.0 Å². The highest BCUT2D eigenvalue weighted by atomic mass is 32.1. The number of nitrogens with one attached hydrogen (secondary N) is 1. The number of rotatable bonds is 5. The van der Waals surface area contributed by atoms with E-state index < -0.39 is 4.92 Å². The summed E-state index contributed by atoms with van der Waals surface area (Å²) in [4.78, 5) is 17.4. The summed E-state index contributed by atoms with van der Waals surface area (Å²) in [6.07, 6.45) is 3.74. The number of non-ortho nitro benzene ring substituents is 1. The van der Waals surface area contributed by atoms with E-state index >= 15 is 0 Å². The Bertz CT molecular complexity index is 1300. The van der Waals surface area contributed by atoms with Crippen molar-refractivity contribution in [3.05, 3.63) is 118 Å². The third-order valence-electron chi connectivity index (χ3n) is 5.83. The van der Waals surface area contributed by atoms with Crippen molar-refractivity contribution in [1.82, 2.24) is 14.9 Å². The van der Waals surface area contributed by atoms with E-state index in [9.17, 15) is 10.1 Å². The van der Waals surface area contributed by atoms with Gasteiger partial charge >= 0.3 is 0 Å². The minimum absolute atomic E-state index is 0.0591. The second-order valence-electron chi connectivity index (χ2n) is 7.91. The van der Waals surface area contributed by atoms with Crippen LogP contribution in [0.25, 0.3) is 5.69 Å². The molecule has 0 radical (unpaired) electrons. The van der Waals surface area contributed by atoms with Crippen molar-refractivity contribution < 1.29 is 4.92 Å². The summed E-state index contributed by atoms with van der Waals surface area (Å²) in [5.74, 6) is 0. The van der Waals surface area contributed by atoms with Gasteiger partial charge in [0.2, 0.25) is 0 Å². The van der Waals surface area contributed by atoms with E-state index in [4.69, 9.17) is 12.2 Å². The molecular formula is C25H21N5O2S. The fraction of sp³-hybridized carbons (Fsp3) is 0.120. The van der Waals surface area contributed by atoms with Gasteiger partial charge in [0.05, 0.1) is 16.7 Å². The molecule has 0 aliphatic carbocycles. The molecule has 0 bridgehead atoms. The molecular weight excluding hydrogens is 434 g/mol. The largest absolute Gasteiger partial charge is 0.351 e. The molecule has 0 spiro atoms. The van der Waals surface area contributed by atoms with Gasteiger partial charge in [0, 0.05) is 41.6 Å². The first-order valence-electron chi connectivity index (χ1n) is 10.5. The van der Waals surface area contributed by atoms with E-state index in [1.165, 1.54) is 17.7 Å². The number of thiocarbonyl (C=S) groups is 1. The number of nitro benzene ring substituents is 1. The van der Waals surface area contributed by atoms with Crippen LogP contribution in [0, 0.1) is 17.0 Å². The van der Waals surface area contributed by atoms with E-state index in [0.717, 1.165) is 22.8 Å². The van der Waals surface area contributed by atoms with Gasteiger partial charge in [0.25, 0.3) is 5.69 Å². The van der Waals surface area contributed by atoms with Crippen molar-refractivity contribution in [2.45, 2.75) is 19.0 Å². The van der Waals surface area contributed by atoms with Crippen LogP contribution < -0.4 is 10.2 Å². The molecule has 0 saturated carbocycles. The Labute approximate surface area is 196 Å². The van der Waals surface area contributed by atoms with Crippen LogP contribution in [0.1, 0.15) is 29.0 Å². The van der Waals surface area contributed by atoms with E-state index in [-0.39, 0.29) is 17.8 Å². The first-order valence-corrected chi connectivity index (χ1v) is 10.9. The molecule has 1 aliphatic heterocycles. The molecule has 1 fully saturated rings. The third kappa shape index (κ3) is 3.85. The lowest BCUT2D eigenvalue weighted by molar-refractivity contribution is -0.384. The predicted octanol–water partition coefficient (Wildman–Crippen LogP) is 5.27. The van der Waals surface area contributed by atoms with Crippen LogP contribution in [-0.4, -0.2) is 19.6 Å². The molecule has 7 nitrogen and oxygen atoms in total. The number of aryl methyl sites for hydroxylation is 1. The molecule has 1 saturated heterocycles. The molecule has 0 amide bonds. The molecule has 2 aromatic heterocycles. The molecule has 1 N–H and O–H groups in total. The number of aromatic nitrogens is 2. The molecule has 2 aromatic carbocycles. The maximum Gasteiger partial charge on any atom is 0.269 e. The Morgan fingerprint density at radius 1 is 0.970 bits per heavy atom. The summed E-state index contributed by atoms with van der Waals surface area (Å²) in [5, 5.41) is 15.2. The number of nitro groups is 1. The summed E-state index contributed by atoms with van der Waals surface area (Å²) in [6.45, 7) is 2.05. The van der Waals surface area contributed by atoms with E-state index in [1.54, 1.807) is 18.3 Å². The average molecular weight is 456 g/mol. The summed E-state index contributed by atoms with van der Waals surface area (Å²) < 4.78 is 2.04. The minimum Gasteiger partial charge on any atom is -0.351 e. The van der Waals surface area contributed by atoms with Crippen LogP contribution >= 0.6 is 12.2 Å². The molecule has 33 heavy (non-hydrogen) atoms. The first kappa shape index (κ1) is 20.8. The highest BCUT2D eigenvalue weighted by Gasteiger charge is 2.42. The van der Waals surface area contributed by atoms with E-state index in [0.29, 0.717) is 5.11 Å². The lowest BCUT2D eigenvalue weighted by Gasteiger charge is -2.29. The number of hydrogen-bond donors (Lipinski definition) is 1. The van der Waals surface area contributed by atoms with Gasteiger partial charge in [-0.2, -0.15) is 0 Å². The SMILES string of the molecule is Cc1ccc(N2C(=S)N[C@@H](c3ccccn3)[C@@H]2c2cccn2-c2ccc([N+](=O)[O-])cc2)cc1. The Balaban J connectivity index is 1.63. The van der Waals surface area contributed by atoms with Gasteiger partial charge < -0.3 is 14.8 Å². The fourth-order valence-electron chi connectivity index (χ4n) is 4.24. The fourth-order valence-corrected chi connectivity index (χ4v) is 4.59. The van der Waals surface area contributed by atoms with Crippen molar-refractivity contribution in [1.29, 1.82) is 0 Å². The number of nitrogens with zero attached hydrogens (tertiary/aromatic N) is 4. The van der Waals surface area contributed by atoms with Crippen LogP contribution in [0.4, 0.5) is 11.4 Å². The standard InChI is InChI=1S/C25H21N5O2S/c1-17-7-9-19(10-8-17)29-24(23(27-25(29)33)21-5-2-3-15-26-21)22-6-4-16-28(22)18-11-13-20(14-12-18)30(31)32/h2-16,23-24H,1H3,(H,27,33)/t23-,24-/m0/s1. The number of anilines is 1. The summed E-state index contributed by atoms with van der Waals surface area (Å²) >= 11 is 5.79. The summed E-state index contributed by atoms with van der Waals surface area (Å²) in [5.41, 5.74) is 4.93. The molecule has 8 heteroatoms. The van der Waals surface area contributed by atoms with Crippen molar-refractivity contribution in [2.75, 3.05) is 4.90 Å². The van der Waals surface area contributed by atoms with Crippen LogP contribution in [-0.2, 0) is 0 Å². The highest BCUT2D eigenvalue weighted by molar-refractivity contribution is 7.80. The first-order chi connectivity index (χ1) is 16.0. The number of benzene rings is 2. The van der Waals surface area contributed by atoms with Crippen molar-refractivity contribution in [3.63, 3.8) is 0 Å². The average Bonchev–Trinajstić information content (AvgIpc) is 3.44. The summed E-state index contributed by atoms with van der Waals surface area (Å²) in [7, 11) is 0. The minimum atomic E-state index is -0.393. The number of pyridine rings is 1. The van der Waals surface area contributed by atoms with Gasteiger partial charge in [-0.3, -0.25) is 15.1 Å². The maximum absolute atomic E-state index is 11.1.